The molecule has 5 heteroatoms. The molecule has 0 saturated heterocycles. The predicted octanol–water partition coefficient (Wildman–Crippen LogP) is 3.30. The Labute approximate surface area is 114 Å². The number of hydrogen-bond acceptors (Lipinski definition) is 3. The highest BCUT2D eigenvalue weighted by molar-refractivity contribution is 7.91. The van der Waals surface area contributed by atoms with Crippen molar-refractivity contribution < 1.29 is 8.42 Å². The summed E-state index contributed by atoms with van der Waals surface area (Å²) in [5.41, 5.74) is 0.944. The van der Waals surface area contributed by atoms with Crippen LogP contribution in [-0.2, 0) is 9.84 Å². The Morgan fingerprint density at radius 1 is 1.17 bits per heavy atom. The van der Waals surface area contributed by atoms with Crippen molar-refractivity contribution in [3.8, 4) is 0 Å². The van der Waals surface area contributed by atoms with Crippen LogP contribution in [0.15, 0.2) is 29.2 Å². The van der Waals surface area contributed by atoms with Gasteiger partial charge in [-0.05, 0) is 43.5 Å². The second-order valence-corrected chi connectivity index (χ2v) is 6.65. The monoisotopic (exact) mass is 289 g/mol. The predicted molar refractivity (Wildman–Crippen MR) is 77.2 cm³/mol. The van der Waals surface area contributed by atoms with E-state index in [9.17, 15) is 8.42 Å². The number of sulfone groups is 1. The minimum Gasteiger partial charge on any atom is -0.385 e. The molecule has 0 aromatic heterocycles. The average Bonchev–Trinajstić information content (AvgIpc) is 2.35. The van der Waals surface area contributed by atoms with Gasteiger partial charge in [-0.3, -0.25) is 0 Å². The number of benzene rings is 1. The van der Waals surface area contributed by atoms with Crippen LogP contribution in [0.1, 0.15) is 26.2 Å². The van der Waals surface area contributed by atoms with Gasteiger partial charge in [-0.2, -0.15) is 0 Å². The van der Waals surface area contributed by atoms with E-state index in [0.717, 1.165) is 25.1 Å². The first kappa shape index (κ1) is 15.3. The van der Waals surface area contributed by atoms with Crippen molar-refractivity contribution in [3.63, 3.8) is 0 Å². The van der Waals surface area contributed by atoms with E-state index in [4.69, 9.17) is 11.6 Å². The highest BCUT2D eigenvalue weighted by Gasteiger charge is 2.12. The molecule has 18 heavy (non-hydrogen) atoms. The summed E-state index contributed by atoms with van der Waals surface area (Å²) in [6.45, 7) is 2.72. The molecule has 0 aliphatic carbocycles. The number of alkyl halides is 1. The van der Waals surface area contributed by atoms with Crippen LogP contribution in [0.2, 0.25) is 0 Å². The lowest BCUT2D eigenvalue weighted by Crippen LogP contribution is -2.06. The zero-order chi connectivity index (χ0) is 13.4. The van der Waals surface area contributed by atoms with Gasteiger partial charge in [-0.25, -0.2) is 8.42 Å². The molecule has 0 bridgehead atoms. The normalized spacial score (nSPS) is 11.4. The maximum atomic E-state index is 11.8. The highest BCUT2D eigenvalue weighted by Crippen LogP contribution is 2.16. The number of halogens is 1. The minimum atomic E-state index is -3.10. The first-order chi connectivity index (χ1) is 8.60. The molecule has 0 spiro atoms. The fourth-order valence-corrected chi connectivity index (χ4v) is 3.13. The molecule has 0 aliphatic heterocycles. The second-order valence-electron chi connectivity index (χ2n) is 4.17. The minimum absolute atomic E-state index is 0.204. The number of hydrogen-bond donors (Lipinski definition) is 1. The van der Waals surface area contributed by atoms with Gasteiger partial charge >= 0.3 is 0 Å². The highest BCUT2D eigenvalue weighted by atomic mass is 35.5. The van der Waals surface area contributed by atoms with Crippen LogP contribution in [0.3, 0.4) is 0 Å². The first-order valence-electron chi connectivity index (χ1n) is 6.23. The third-order valence-corrected chi connectivity index (χ3v) is 4.78. The second kappa shape index (κ2) is 7.64. The van der Waals surface area contributed by atoms with Gasteiger partial charge in [0.1, 0.15) is 0 Å². The molecule has 0 atom stereocenters. The van der Waals surface area contributed by atoms with Crippen LogP contribution in [0.4, 0.5) is 5.69 Å². The third kappa shape index (κ3) is 4.86. The van der Waals surface area contributed by atoms with Crippen molar-refractivity contribution in [1.82, 2.24) is 0 Å². The molecule has 0 unspecified atom stereocenters. The van der Waals surface area contributed by atoms with Crippen molar-refractivity contribution in [2.75, 3.05) is 23.5 Å². The van der Waals surface area contributed by atoms with Crippen LogP contribution in [0.5, 0.6) is 0 Å². The summed E-state index contributed by atoms with van der Waals surface area (Å²) in [5, 5.41) is 3.24. The molecule has 0 aliphatic rings. The fourth-order valence-electron chi connectivity index (χ4n) is 1.62. The SMILES string of the molecule is CCCS(=O)(=O)c1ccc(NCCCCCl)cc1. The van der Waals surface area contributed by atoms with Crippen molar-refractivity contribution in [1.29, 1.82) is 0 Å². The van der Waals surface area contributed by atoms with Crippen molar-refractivity contribution in [2.24, 2.45) is 0 Å². The number of anilines is 1. The van der Waals surface area contributed by atoms with Gasteiger partial charge < -0.3 is 5.32 Å². The van der Waals surface area contributed by atoms with E-state index in [-0.39, 0.29) is 5.75 Å². The Kier molecular flexibility index (Phi) is 6.50. The Hall–Kier alpha value is -0.740. The standard InChI is InChI=1S/C13H20ClNO2S/c1-2-11-18(16,17)13-7-5-12(6-8-13)15-10-4-3-9-14/h5-8,15H,2-4,9-11H2,1H3. The summed E-state index contributed by atoms with van der Waals surface area (Å²) in [6.07, 6.45) is 2.64. The summed E-state index contributed by atoms with van der Waals surface area (Å²) < 4.78 is 23.6. The fraction of sp³-hybridized carbons (Fsp3) is 0.538. The summed E-state index contributed by atoms with van der Waals surface area (Å²) in [5.74, 6) is 0.880. The Balaban J connectivity index is 2.57. The van der Waals surface area contributed by atoms with Gasteiger partial charge in [-0.15, -0.1) is 11.6 Å². The van der Waals surface area contributed by atoms with Crippen LogP contribution in [0.25, 0.3) is 0 Å². The molecule has 0 heterocycles. The Morgan fingerprint density at radius 2 is 1.83 bits per heavy atom. The largest absolute Gasteiger partial charge is 0.385 e. The summed E-state index contributed by atoms with van der Waals surface area (Å²) in [6, 6.07) is 6.94. The summed E-state index contributed by atoms with van der Waals surface area (Å²) in [7, 11) is -3.10. The number of rotatable bonds is 8. The van der Waals surface area contributed by atoms with Crippen molar-refractivity contribution in [2.45, 2.75) is 31.1 Å². The molecule has 102 valence electrons. The maximum absolute atomic E-state index is 11.8. The van der Waals surface area contributed by atoms with Crippen LogP contribution in [0, 0.1) is 0 Å². The maximum Gasteiger partial charge on any atom is 0.178 e. The number of nitrogens with one attached hydrogen (secondary N) is 1. The lowest BCUT2D eigenvalue weighted by Gasteiger charge is -2.07. The molecule has 3 nitrogen and oxygen atoms in total. The van der Waals surface area contributed by atoms with Crippen molar-refractivity contribution >= 4 is 27.1 Å². The van der Waals surface area contributed by atoms with E-state index in [1.807, 2.05) is 19.1 Å². The van der Waals surface area contributed by atoms with Gasteiger partial charge in [0.05, 0.1) is 10.6 Å². The summed E-state index contributed by atoms with van der Waals surface area (Å²) in [4.78, 5) is 0.399. The molecule has 1 aromatic carbocycles. The quantitative estimate of drug-likeness (QED) is 0.590. The van der Waals surface area contributed by atoms with Crippen LogP contribution < -0.4 is 5.32 Å². The number of unbranched alkanes of at least 4 members (excludes halogenated alkanes) is 1. The molecular weight excluding hydrogens is 270 g/mol. The van der Waals surface area contributed by atoms with Gasteiger partial charge in [0.2, 0.25) is 0 Å². The molecular formula is C13H20ClNO2S. The van der Waals surface area contributed by atoms with E-state index < -0.39 is 9.84 Å². The van der Waals surface area contributed by atoms with E-state index in [2.05, 4.69) is 5.32 Å². The van der Waals surface area contributed by atoms with E-state index in [1.54, 1.807) is 12.1 Å². The van der Waals surface area contributed by atoms with E-state index in [1.165, 1.54) is 0 Å². The van der Waals surface area contributed by atoms with Gasteiger partial charge in [0, 0.05) is 18.1 Å². The topological polar surface area (TPSA) is 46.2 Å². The molecule has 0 fully saturated rings. The van der Waals surface area contributed by atoms with Gasteiger partial charge in [0.15, 0.2) is 9.84 Å². The van der Waals surface area contributed by atoms with E-state index >= 15 is 0 Å². The zero-order valence-electron chi connectivity index (χ0n) is 10.7. The molecule has 0 radical (unpaired) electrons. The lowest BCUT2D eigenvalue weighted by molar-refractivity contribution is 0.595. The third-order valence-electron chi connectivity index (χ3n) is 2.58. The van der Waals surface area contributed by atoms with Crippen LogP contribution >= 0.6 is 11.6 Å². The first-order valence-corrected chi connectivity index (χ1v) is 8.41. The molecule has 1 N–H and O–H groups in total. The summed E-state index contributed by atoms with van der Waals surface area (Å²) >= 11 is 5.59. The van der Waals surface area contributed by atoms with Crippen molar-refractivity contribution in [3.05, 3.63) is 24.3 Å². The van der Waals surface area contributed by atoms with Gasteiger partial charge in [0.25, 0.3) is 0 Å². The van der Waals surface area contributed by atoms with Crippen LogP contribution in [-0.4, -0.2) is 26.6 Å². The lowest BCUT2D eigenvalue weighted by atomic mass is 10.3. The molecule has 1 rings (SSSR count). The molecule has 1 aromatic rings. The Bertz CT molecular complexity index is 443. The Morgan fingerprint density at radius 3 is 2.39 bits per heavy atom. The smallest absolute Gasteiger partial charge is 0.178 e. The molecule has 0 amide bonds. The zero-order valence-corrected chi connectivity index (χ0v) is 12.2. The average molecular weight is 290 g/mol. The molecule has 0 saturated carbocycles. The van der Waals surface area contributed by atoms with Gasteiger partial charge in [-0.1, -0.05) is 6.92 Å². The van der Waals surface area contributed by atoms with E-state index in [0.29, 0.717) is 17.2 Å².